The predicted molar refractivity (Wildman–Crippen MR) is 88.3 cm³/mol. The number of amidine groups is 1. The predicted octanol–water partition coefficient (Wildman–Crippen LogP) is 3.90. The van der Waals surface area contributed by atoms with Gasteiger partial charge in [0, 0.05) is 24.5 Å². The molecule has 3 heterocycles. The van der Waals surface area contributed by atoms with E-state index in [0.717, 1.165) is 29.6 Å². The molecular formula is C16H14ClN3S. The molecular weight excluding hydrogens is 302 g/mol. The van der Waals surface area contributed by atoms with Crippen LogP contribution >= 0.6 is 23.4 Å². The summed E-state index contributed by atoms with van der Waals surface area (Å²) >= 11 is 7.92. The minimum atomic E-state index is 0.464. The highest BCUT2D eigenvalue weighted by atomic mass is 35.5. The molecule has 106 valence electrons. The van der Waals surface area contributed by atoms with Gasteiger partial charge >= 0.3 is 0 Å². The average Bonchev–Trinajstić information content (AvgIpc) is 2.89. The largest absolute Gasteiger partial charge is 0.343 e. The van der Waals surface area contributed by atoms with E-state index >= 15 is 0 Å². The summed E-state index contributed by atoms with van der Waals surface area (Å²) in [5, 5.41) is 1.52. The van der Waals surface area contributed by atoms with Gasteiger partial charge in [0.25, 0.3) is 0 Å². The lowest BCUT2D eigenvalue weighted by atomic mass is 9.95. The lowest BCUT2D eigenvalue weighted by Crippen LogP contribution is -2.38. The molecule has 1 saturated heterocycles. The van der Waals surface area contributed by atoms with Gasteiger partial charge < -0.3 is 4.90 Å². The number of aromatic nitrogens is 1. The van der Waals surface area contributed by atoms with Crippen LogP contribution in [-0.4, -0.2) is 26.8 Å². The fraction of sp³-hybridized carbons (Fsp3) is 0.250. The Morgan fingerprint density at radius 1 is 1.19 bits per heavy atom. The third-order valence-electron chi connectivity index (χ3n) is 3.96. The normalized spacial score (nSPS) is 22.2. The molecule has 2 aromatic rings. The van der Waals surface area contributed by atoms with E-state index in [2.05, 4.69) is 34.1 Å². The molecule has 0 spiro atoms. The topological polar surface area (TPSA) is 28.5 Å². The van der Waals surface area contributed by atoms with E-state index in [-0.39, 0.29) is 0 Å². The van der Waals surface area contributed by atoms with Gasteiger partial charge in [-0.1, -0.05) is 47.6 Å². The second-order valence-electron chi connectivity index (χ2n) is 5.27. The highest BCUT2D eigenvalue weighted by molar-refractivity contribution is 8.14. The van der Waals surface area contributed by atoms with Gasteiger partial charge in [-0.15, -0.1) is 0 Å². The van der Waals surface area contributed by atoms with E-state index in [0.29, 0.717) is 11.2 Å². The summed E-state index contributed by atoms with van der Waals surface area (Å²) in [5.74, 6) is 1.09. The van der Waals surface area contributed by atoms with E-state index in [9.17, 15) is 0 Å². The van der Waals surface area contributed by atoms with Crippen LogP contribution in [0, 0.1) is 0 Å². The Kier molecular flexibility index (Phi) is 3.36. The van der Waals surface area contributed by atoms with Crippen molar-refractivity contribution in [1.29, 1.82) is 0 Å². The molecule has 5 heteroatoms. The van der Waals surface area contributed by atoms with Crippen LogP contribution < -0.4 is 0 Å². The summed E-state index contributed by atoms with van der Waals surface area (Å²) in [6.45, 7) is 0.935. The fourth-order valence-electron chi connectivity index (χ4n) is 2.87. The second kappa shape index (κ2) is 5.35. The SMILES string of the molecule is Clc1ncccc1N=C1SC[C@@H]2Cc3ccccc3CN12. The number of fused-ring (bicyclic) bond motifs is 2. The zero-order chi connectivity index (χ0) is 14.2. The highest BCUT2D eigenvalue weighted by Gasteiger charge is 2.34. The first-order valence-electron chi connectivity index (χ1n) is 6.97. The summed E-state index contributed by atoms with van der Waals surface area (Å²) in [5.41, 5.74) is 3.63. The first-order chi connectivity index (χ1) is 10.3. The average molecular weight is 316 g/mol. The van der Waals surface area contributed by atoms with Crippen LogP contribution in [0.25, 0.3) is 0 Å². The summed E-state index contributed by atoms with van der Waals surface area (Å²) in [7, 11) is 0. The standard InChI is InChI=1S/C16H14ClN3S/c17-15-14(6-3-7-18-15)19-16-20-9-12-5-2-1-4-11(12)8-13(20)10-21-16/h1-7,13H,8-10H2/t13-/m0/s1. The monoisotopic (exact) mass is 315 g/mol. The minimum absolute atomic E-state index is 0.464. The molecule has 1 atom stereocenters. The van der Waals surface area contributed by atoms with Crippen molar-refractivity contribution in [3.8, 4) is 0 Å². The van der Waals surface area contributed by atoms with Crippen LogP contribution in [-0.2, 0) is 13.0 Å². The molecule has 1 fully saturated rings. The third kappa shape index (κ3) is 2.43. The van der Waals surface area contributed by atoms with E-state index in [1.54, 1.807) is 6.20 Å². The number of benzene rings is 1. The zero-order valence-corrected chi connectivity index (χ0v) is 12.9. The van der Waals surface area contributed by atoms with Crippen LogP contribution in [0.4, 0.5) is 5.69 Å². The van der Waals surface area contributed by atoms with Crippen LogP contribution in [0.2, 0.25) is 5.15 Å². The number of nitrogens with zero attached hydrogens (tertiary/aromatic N) is 3. The third-order valence-corrected chi connectivity index (χ3v) is 5.39. The molecule has 0 saturated carbocycles. The van der Waals surface area contributed by atoms with Gasteiger partial charge in [-0.05, 0) is 29.7 Å². The van der Waals surface area contributed by atoms with Gasteiger partial charge in [0.1, 0.15) is 5.69 Å². The zero-order valence-electron chi connectivity index (χ0n) is 11.4. The van der Waals surface area contributed by atoms with Crippen molar-refractivity contribution in [3.05, 3.63) is 58.9 Å². The van der Waals surface area contributed by atoms with E-state index in [1.807, 2.05) is 23.9 Å². The van der Waals surface area contributed by atoms with Crippen LogP contribution in [0.15, 0.2) is 47.6 Å². The molecule has 0 amide bonds. The number of pyridine rings is 1. The molecule has 21 heavy (non-hydrogen) atoms. The van der Waals surface area contributed by atoms with Crippen molar-refractivity contribution in [2.75, 3.05) is 5.75 Å². The number of thioether (sulfide) groups is 1. The maximum Gasteiger partial charge on any atom is 0.165 e. The Morgan fingerprint density at radius 2 is 2.05 bits per heavy atom. The molecule has 2 aliphatic heterocycles. The molecule has 3 nitrogen and oxygen atoms in total. The summed E-state index contributed by atoms with van der Waals surface area (Å²) < 4.78 is 0. The lowest BCUT2D eigenvalue weighted by Gasteiger charge is -2.32. The quantitative estimate of drug-likeness (QED) is 0.747. The maximum absolute atomic E-state index is 6.11. The number of hydrogen-bond donors (Lipinski definition) is 0. The molecule has 2 aliphatic rings. The van der Waals surface area contributed by atoms with E-state index in [4.69, 9.17) is 16.6 Å². The Morgan fingerprint density at radius 3 is 2.90 bits per heavy atom. The number of hydrogen-bond acceptors (Lipinski definition) is 3. The molecule has 4 rings (SSSR count). The number of rotatable bonds is 1. The summed E-state index contributed by atoms with van der Waals surface area (Å²) in [6, 6.07) is 13.0. The minimum Gasteiger partial charge on any atom is -0.343 e. The van der Waals surface area contributed by atoms with Crippen LogP contribution in [0.5, 0.6) is 0 Å². The van der Waals surface area contributed by atoms with Crippen molar-refractivity contribution in [2.45, 2.75) is 19.0 Å². The first kappa shape index (κ1) is 13.2. The highest BCUT2D eigenvalue weighted by Crippen LogP contribution is 2.35. The molecule has 0 unspecified atom stereocenters. The Bertz CT molecular complexity index is 716. The van der Waals surface area contributed by atoms with Gasteiger partial charge in [0.2, 0.25) is 0 Å². The second-order valence-corrected chi connectivity index (χ2v) is 6.62. The molecule has 0 radical (unpaired) electrons. The van der Waals surface area contributed by atoms with Crippen LogP contribution in [0.1, 0.15) is 11.1 Å². The number of halogens is 1. The molecule has 0 N–H and O–H groups in total. The Balaban J connectivity index is 1.67. The van der Waals surface area contributed by atoms with Crippen molar-refractivity contribution >= 4 is 34.2 Å². The van der Waals surface area contributed by atoms with E-state index in [1.165, 1.54) is 11.1 Å². The van der Waals surface area contributed by atoms with Crippen LogP contribution in [0.3, 0.4) is 0 Å². The van der Waals surface area contributed by atoms with Crippen molar-refractivity contribution in [3.63, 3.8) is 0 Å². The smallest absolute Gasteiger partial charge is 0.165 e. The van der Waals surface area contributed by atoms with Gasteiger partial charge in [-0.25, -0.2) is 9.98 Å². The first-order valence-corrected chi connectivity index (χ1v) is 8.33. The summed E-state index contributed by atoms with van der Waals surface area (Å²) in [4.78, 5) is 11.2. The van der Waals surface area contributed by atoms with Gasteiger partial charge in [-0.3, -0.25) is 0 Å². The Labute approximate surface area is 133 Å². The molecule has 0 bridgehead atoms. The van der Waals surface area contributed by atoms with Gasteiger partial charge in [-0.2, -0.15) is 0 Å². The maximum atomic E-state index is 6.11. The Hall–Kier alpha value is -1.52. The van der Waals surface area contributed by atoms with Gasteiger partial charge in [0.05, 0.1) is 0 Å². The van der Waals surface area contributed by atoms with Gasteiger partial charge in [0.15, 0.2) is 10.3 Å². The van der Waals surface area contributed by atoms with Crippen molar-refractivity contribution in [1.82, 2.24) is 9.88 Å². The summed E-state index contributed by atoms with van der Waals surface area (Å²) in [6.07, 6.45) is 2.79. The van der Waals surface area contributed by atoms with Crippen molar-refractivity contribution < 1.29 is 0 Å². The van der Waals surface area contributed by atoms with Crippen molar-refractivity contribution in [2.24, 2.45) is 4.99 Å². The fourth-order valence-corrected chi connectivity index (χ4v) is 4.22. The molecule has 0 aliphatic carbocycles. The molecule has 1 aromatic carbocycles. The number of aliphatic imine (C=N–C) groups is 1. The lowest BCUT2D eigenvalue weighted by molar-refractivity contribution is 0.320. The molecule has 1 aromatic heterocycles. The van der Waals surface area contributed by atoms with E-state index < -0.39 is 0 Å².